The Morgan fingerprint density at radius 2 is 1.66 bits per heavy atom. The fourth-order valence-electron chi connectivity index (χ4n) is 4.94. The molecular formula is C31H34N4O3. The SMILES string of the molecule is O=C(C=Cc1ccccc1)Nc1ccc(N2CCc3ccccc3C2)c(C(=O)NCCN2CCOCC2)c1. The quantitative estimate of drug-likeness (QED) is 0.449. The lowest BCUT2D eigenvalue weighted by molar-refractivity contribution is -0.111. The summed E-state index contributed by atoms with van der Waals surface area (Å²) in [5.74, 6) is -0.379. The number of rotatable bonds is 8. The Kier molecular flexibility index (Phi) is 8.48. The van der Waals surface area contributed by atoms with E-state index in [1.807, 2.05) is 42.5 Å². The van der Waals surface area contributed by atoms with Gasteiger partial charge in [-0.05, 0) is 47.4 Å². The summed E-state index contributed by atoms with van der Waals surface area (Å²) in [6.45, 7) is 6.13. The predicted octanol–water partition coefficient (Wildman–Crippen LogP) is 3.96. The Morgan fingerprint density at radius 3 is 2.47 bits per heavy atom. The van der Waals surface area contributed by atoms with E-state index in [9.17, 15) is 9.59 Å². The molecule has 2 amide bonds. The van der Waals surface area contributed by atoms with E-state index in [1.165, 1.54) is 17.2 Å². The van der Waals surface area contributed by atoms with Crippen LogP contribution in [0, 0.1) is 0 Å². The number of benzene rings is 3. The van der Waals surface area contributed by atoms with E-state index in [0.717, 1.165) is 63.6 Å². The van der Waals surface area contributed by atoms with Gasteiger partial charge in [0, 0.05) is 56.7 Å². The number of hydrogen-bond donors (Lipinski definition) is 2. The first-order valence-corrected chi connectivity index (χ1v) is 13.2. The summed E-state index contributed by atoms with van der Waals surface area (Å²) in [5, 5.41) is 6.01. The van der Waals surface area contributed by atoms with Gasteiger partial charge in [0.05, 0.1) is 18.8 Å². The average Bonchev–Trinajstić information content (AvgIpc) is 2.97. The Bertz CT molecular complexity index is 1290. The van der Waals surface area contributed by atoms with Gasteiger partial charge in [0.1, 0.15) is 0 Å². The molecule has 0 bridgehead atoms. The highest BCUT2D eigenvalue weighted by Gasteiger charge is 2.22. The molecule has 0 unspecified atom stereocenters. The highest BCUT2D eigenvalue weighted by molar-refractivity contribution is 6.05. The van der Waals surface area contributed by atoms with E-state index in [0.29, 0.717) is 17.8 Å². The molecule has 3 aromatic rings. The van der Waals surface area contributed by atoms with Gasteiger partial charge in [0.2, 0.25) is 5.91 Å². The molecule has 5 rings (SSSR count). The minimum absolute atomic E-state index is 0.136. The van der Waals surface area contributed by atoms with Gasteiger partial charge in [0.25, 0.3) is 5.91 Å². The molecule has 7 heteroatoms. The van der Waals surface area contributed by atoms with Crippen molar-refractivity contribution in [3.8, 4) is 0 Å². The van der Waals surface area contributed by atoms with Crippen molar-refractivity contribution in [1.82, 2.24) is 10.2 Å². The summed E-state index contributed by atoms with van der Waals surface area (Å²) in [6, 6.07) is 23.7. The van der Waals surface area contributed by atoms with E-state index in [4.69, 9.17) is 4.74 Å². The van der Waals surface area contributed by atoms with Crippen molar-refractivity contribution in [2.75, 3.05) is 56.2 Å². The van der Waals surface area contributed by atoms with Gasteiger partial charge in [-0.3, -0.25) is 14.5 Å². The van der Waals surface area contributed by atoms with Gasteiger partial charge >= 0.3 is 0 Å². The molecule has 2 N–H and O–H groups in total. The number of fused-ring (bicyclic) bond motifs is 1. The maximum atomic E-state index is 13.4. The molecular weight excluding hydrogens is 476 g/mol. The lowest BCUT2D eigenvalue weighted by atomic mass is 9.98. The van der Waals surface area contributed by atoms with Crippen LogP contribution in [-0.4, -0.2) is 62.7 Å². The van der Waals surface area contributed by atoms with E-state index in [1.54, 1.807) is 12.1 Å². The molecule has 1 fully saturated rings. The smallest absolute Gasteiger partial charge is 0.253 e. The van der Waals surface area contributed by atoms with Crippen molar-refractivity contribution in [3.05, 3.63) is 101 Å². The number of carbonyl (C=O) groups excluding carboxylic acids is 2. The fourth-order valence-corrected chi connectivity index (χ4v) is 4.94. The number of amides is 2. The number of nitrogens with one attached hydrogen (secondary N) is 2. The van der Waals surface area contributed by atoms with Crippen LogP contribution < -0.4 is 15.5 Å². The van der Waals surface area contributed by atoms with Crippen molar-refractivity contribution >= 4 is 29.3 Å². The average molecular weight is 511 g/mol. The van der Waals surface area contributed by atoms with Crippen molar-refractivity contribution in [2.45, 2.75) is 13.0 Å². The zero-order valence-electron chi connectivity index (χ0n) is 21.6. The minimum atomic E-state index is -0.243. The Morgan fingerprint density at radius 1 is 0.895 bits per heavy atom. The third kappa shape index (κ3) is 6.68. The van der Waals surface area contributed by atoms with Gasteiger partial charge in [0.15, 0.2) is 0 Å². The molecule has 38 heavy (non-hydrogen) atoms. The number of hydrogen-bond acceptors (Lipinski definition) is 5. The molecule has 3 aromatic carbocycles. The number of nitrogens with zero attached hydrogens (tertiary/aromatic N) is 2. The molecule has 0 aliphatic carbocycles. The van der Waals surface area contributed by atoms with Crippen LogP contribution in [-0.2, 0) is 22.5 Å². The molecule has 2 heterocycles. The zero-order valence-corrected chi connectivity index (χ0v) is 21.6. The van der Waals surface area contributed by atoms with Gasteiger partial charge in [-0.1, -0.05) is 54.6 Å². The molecule has 0 spiro atoms. The largest absolute Gasteiger partial charge is 0.379 e. The maximum absolute atomic E-state index is 13.4. The first kappa shape index (κ1) is 25.7. The lowest BCUT2D eigenvalue weighted by Crippen LogP contribution is -2.41. The van der Waals surface area contributed by atoms with Crippen molar-refractivity contribution in [2.24, 2.45) is 0 Å². The van der Waals surface area contributed by atoms with Crippen LogP contribution >= 0.6 is 0 Å². The van der Waals surface area contributed by atoms with Crippen molar-refractivity contribution < 1.29 is 14.3 Å². The monoisotopic (exact) mass is 510 g/mol. The Hall–Kier alpha value is -3.94. The topological polar surface area (TPSA) is 73.9 Å². The van der Waals surface area contributed by atoms with Crippen molar-refractivity contribution in [1.29, 1.82) is 0 Å². The first-order valence-electron chi connectivity index (χ1n) is 13.2. The summed E-state index contributed by atoms with van der Waals surface area (Å²) >= 11 is 0. The molecule has 0 saturated carbocycles. The molecule has 7 nitrogen and oxygen atoms in total. The summed E-state index contributed by atoms with van der Waals surface area (Å²) in [5.41, 5.74) is 5.61. The highest BCUT2D eigenvalue weighted by Crippen LogP contribution is 2.29. The summed E-state index contributed by atoms with van der Waals surface area (Å²) in [6.07, 6.45) is 4.21. The number of morpholine rings is 1. The molecule has 0 atom stereocenters. The molecule has 0 aromatic heterocycles. The second kappa shape index (κ2) is 12.5. The third-order valence-corrected chi connectivity index (χ3v) is 7.02. The normalized spacial score (nSPS) is 15.7. The highest BCUT2D eigenvalue weighted by atomic mass is 16.5. The standard InChI is InChI=1S/C31H34N4O3/c36-30(13-10-24-6-2-1-3-7-24)33-27-11-12-29(35-16-14-25-8-4-5-9-26(25)23-35)28(22-27)31(37)32-15-17-34-18-20-38-21-19-34/h1-13,22H,14-21,23H2,(H,32,37)(H,33,36). The third-order valence-electron chi connectivity index (χ3n) is 7.02. The minimum Gasteiger partial charge on any atom is -0.379 e. The van der Waals surface area contributed by atoms with Crippen LogP contribution in [0.25, 0.3) is 6.08 Å². The molecule has 196 valence electrons. The summed E-state index contributed by atoms with van der Waals surface area (Å²) in [4.78, 5) is 30.6. The lowest BCUT2D eigenvalue weighted by Gasteiger charge is -2.32. The van der Waals surface area contributed by atoms with Crippen LogP contribution in [0.1, 0.15) is 27.0 Å². The molecule has 1 saturated heterocycles. The van der Waals surface area contributed by atoms with Crippen LogP contribution in [0.15, 0.2) is 78.9 Å². The van der Waals surface area contributed by atoms with E-state index >= 15 is 0 Å². The molecule has 0 radical (unpaired) electrons. The van der Waals surface area contributed by atoms with Crippen LogP contribution in [0.5, 0.6) is 0 Å². The van der Waals surface area contributed by atoms with Gasteiger partial charge in [-0.2, -0.15) is 0 Å². The fraction of sp³-hybridized carbons (Fsp3) is 0.290. The van der Waals surface area contributed by atoms with E-state index in [2.05, 4.69) is 44.7 Å². The van der Waals surface area contributed by atoms with E-state index < -0.39 is 0 Å². The van der Waals surface area contributed by atoms with Gasteiger partial charge in [-0.25, -0.2) is 0 Å². The summed E-state index contributed by atoms with van der Waals surface area (Å²) < 4.78 is 5.42. The second-order valence-corrected chi connectivity index (χ2v) is 9.62. The molecule has 2 aliphatic heterocycles. The van der Waals surface area contributed by atoms with E-state index in [-0.39, 0.29) is 11.8 Å². The maximum Gasteiger partial charge on any atom is 0.253 e. The second-order valence-electron chi connectivity index (χ2n) is 9.62. The Labute approximate surface area is 224 Å². The first-order chi connectivity index (χ1) is 18.7. The van der Waals surface area contributed by atoms with Gasteiger partial charge < -0.3 is 20.3 Å². The van der Waals surface area contributed by atoms with Crippen LogP contribution in [0.3, 0.4) is 0 Å². The number of ether oxygens (including phenoxy) is 1. The Balaban J connectivity index is 1.32. The predicted molar refractivity (Wildman–Crippen MR) is 151 cm³/mol. The van der Waals surface area contributed by atoms with Crippen molar-refractivity contribution in [3.63, 3.8) is 0 Å². The number of anilines is 2. The zero-order chi connectivity index (χ0) is 26.2. The van der Waals surface area contributed by atoms with Crippen LogP contribution in [0.4, 0.5) is 11.4 Å². The molecule has 2 aliphatic rings. The number of carbonyl (C=O) groups is 2. The van der Waals surface area contributed by atoms with Gasteiger partial charge in [-0.15, -0.1) is 0 Å². The van der Waals surface area contributed by atoms with Crippen LogP contribution in [0.2, 0.25) is 0 Å². The summed E-state index contributed by atoms with van der Waals surface area (Å²) in [7, 11) is 0.